The lowest BCUT2D eigenvalue weighted by molar-refractivity contribution is 0.429. The lowest BCUT2D eigenvalue weighted by Gasteiger charge is -2.04. The maximum absolute atomic E-state index is 12.2. The van der Waals surface area contributed by atoms with Gasteiger partial charge in [-0.1, -0.05) is 51.4 Å². The third-order valence-corrected chi connectivity index (χ3v) is 4.03. The number of hydrogen-bond donors (Lipinski definition) is 0. The molecule has 0 unspecified atom stereocenters. The minimum absolute atomic E-state index is 0.0882. The monoisotopic (exact) mass is 394 g/mol. The minimum Gasteiger partial charge on any atom is -0.332 e. The van der Waals surface area contributed by atoms with Crippen molar-refractivity contribution in [3.8, 4) is 28.7 Å². The Labute approximate surface area is 150 Å². The summed E-state index contributed by atoms with van der Waals surface area (Å²) in [6, 6.07) is 18.4. The molecule has 4 aromatic rings. The summed E-state index contributed by atoms with van der Waals surface area (Å²) in [6.07, 6.45) is 1.60. The van der Waals surface area contributed by atoms with Gasteiger partial charge >= 0.3 is 0 Å². The van der Waals surface area contributed by atoms with Crippen LogP contribution in [-0.2, 0) is 0 Å². The average Bonchev–Trinajstić information content (AvgIpc) is 3.13. The molecule has 0 bridgehead atoms. The van der Waals surface area contributed by atoms with Gasteiger partial charge in [-0.2, -0.15) is 10.1 Å². The number of nitrogens with zero attached hydrogens (tertiary/aromatic N) is 4. The maximum Gasteiger partial charge on any atom is 0.282 e. The number of rotatable bonds is 3. The summed E-state index contributed by atoms with van der Waals surface area (Å²) in [6.45, 7) is 0. The summed E-state index contributed by atoms with van der Waals surface area (Å²) in [5.74, 6) is 0.484. The molecule has 2 aromatic heterocycles. The first-order valence-electron chi connectivity index (χ1n) is 7.46. The molecular weight excluding hydrogens is 384 g/mol. The van der Waals surface area contributed by atoms with Crippen molar-refractivity contribution in [1.82, 2.24) is 19.9 Å². The van der Waals surface area contributed by atoms with Crippen molar-refractivity contribution in [2.75, 3.05) is 0 Å². The van der Waals surface area contributed by atoms with E-state index in [1.54, 1.807) is 10.9 Å². The third-order valence-electron chi connectivity index (χ3n) is 3.54. The van der Waals surface area contributed by atoms with Crippen LogP contribution in [0, 0.1) is 0 Å². The number of aromatic nitrogens is 4. The largest absolute Gasteiger partial charge is 0.332 e. The summed E-state index contributed by atoms with van der Waals surface area (Å²) in [5.41, 5.74) is 1.44. The van der Waals surface area contributed by atoms with Gasteiger partial charge in [0.05, 0.1) is 5.69 Å². The van der Waals surface area contributed by atoms with Gasteiger partial charge in [0.25, 0.3) is 5.89 Å². The predicted octanol–water partition coefficient (Wildman–Crippen LogP) is 3.71. The van der Waals surface area contributed by atoms with Crippen LogP contribution in [0.5, 0.6) is 0 Å². The number of hydrogen-bond acceptors (Lipinski definition) is 5. The fraction of sp³-hybridized carbons (Fsp3) is 0. The molecule has 0 amide bonds. The van der Waals surface area contributed by atoms with E-state index in [-0.39, 0.29) is 17.0 Å². The Bertz CT molecular complexity index is 1090. The van der Waals surface area contributed by atoms with Crippen LogP contribution in [0.1, 0.15) is 0 Å². The fourth-order valence-corrected chi connectivity index (χ4v) is 2.74. The second kappa shape index (κ2) is 6.45. The summed E-state index contributed by atoms with van der Waals surface area (Å²) < 4.78 is 7.76. The highest BCUT2D eigenvalue weighted by molar-refractivity contribution is 9.10. The SMILES string of the molecule is O=c1ccn(-c2ccccc2)nc1-c1nc(-c2cccc(Br)c2)no1. The van der Waals surface area contributed by atoms with Crippen LogP contribution in [0.15, 0.2) is 80.7 Å². The Morgan fingerprint density at radius 2 is 1.84 bits per heavy atom. The highest BCUT2D eigenvalue weighted by Crippen LogP contribution is 2.22. The fourth-order valence-electron chi connectivity index (χ4n) is 2.34. The lowest BCUT2D eigenvalue weighted by Crippen LogP contribution is -2.12. The standard InChI is InChI=1S/C18H11BrN4O2/c19-13-6-4-5-12(11-13)17-20-18(25-22-17)16-15(24)9-10-23(21-16)14-7-2-1-3-8-14/h1-11H. The molecule has 25 heavy (non-hydrogen) atoms. The van der Waals surface area contributed by atoms with Crippen molar-refractivity contribution >= 4 is 15.9 Å². The second-order valence-corrected chi connectivity index (χ2v) is 6.16. The van der Waals surface area contributed by atoms with Gasteiger partial charge in [-0.15, -0.1) is 0 Å². The van der Waals surface area contributed by atoms with Crippen LogP contribution in [0.25, 0.3) is 28.7 Å². The first kappa shape index (κ1) is 15.5. The van der Waals surface area contributed by atoms with Gasteiger partial charge in [-0.25, -0.2) is 4.68 Å². The van der Waals surface area contributed by atoms with E-state index < -0.39 is 0 Å². The van der Waals surface area contributed by atoms with Crippen molar-refractivity contribution in [3.05, 3.63) is 81.6 Å². The molecule has 0 saturated carbocycles. The normalized spacial score (nSPS) is 10.8. The zero-order valence-corrected chi connectivity index (χ0v) is 14.4. The molecule has 2 aromatic carbocycles. The zero-order chi connectivity index (χ0) is 17.2. The van der Waals surface area contributed by atoms with Crippen molar-refractivity contribution in [2.45, 2.75) is 0 Å². The van der Waals surface area contributed by atoms with Crippen molar-refractivity contribution in [1.29, 1.82) is 0 Å². The molecule has 0 N–H and O–H groups in total. The molecule has 0 fully saturated rings. The van der Waals surface area contributed by atoms with Crippen LogP contribution in [0.4, 0.5) is 0 Å². The summed E-state index contributed by atoms with van der Waals surface area (Å²) in [7, 11) is 0. The molecular formula is C18H11BrN4O2. The van der Waals surface area contributed by atoms with Crippen molar-refractivity contribution < 1.29 is 4.52 Å². The molecule has 7 heteroatoms. The van der Waals surface area contributed by atoms with Gasteiger partial charge in [-0.3, -0.25) is 4.79 Å². The first-order valence-corrected chi connectivity index (χ1v) is 8.25. The first-order chi connectivity index (χ1) is 12.2. The highest BCUT2D eigenvalue weighted by atomic mass is 79.9. The Hall–Kier alpha value is -3.06. The van der Waals surface area contributed by atoms with E-state index in [0.717, 1.165) is 15.7 Å². The average molecular weight is 395 g/mol. The van der Waals surface area contributed by atoms with E-state index in [0.29, 0.717) is 5.82 Å². The van der Waals surface area contributed by atoms with Gasteiger partial charge < -0.3 is 4.52 Å². The molecule has 0 saturated heterocycles. The number of para-hydroxylation sites is 1. The van der Waals surface area contributed by atoms with Gasteiger partial charge in [0.2, 0.25) is 11.3 Å². The van der Waals surface area contributed by atoms with E-state index in [1.807, 2.05) is 54.6 Å². The Morgan fingerprint density at radius 3 is 2.64 bits per heavy atom. The Balaban J connectivity index is 1.77. The number of benzene rings is 2. The molecule has 0 spiro atoms. The van der Waals surface area contributed by atoms with E-state index in [1.165, 1.54) is 6.07 Å². The molecule has 4 rings (SSSR count). The quantitative estimate of drug-likeness (QED) is 0.529. The van der Waals surface area contributed by atoms with Gasteiger partial charge in [0, 0.05) is 22.3 Å². The minimum atomic E-state index is -0.281. The predicted molar refractivity (Wildman–Crippen MR) is 96.3 cm³/mol. The van der Waals surface area contributed by atoms with Crippen molar-refractivity contribution in [2.24, 2.45) is 0 Å². The second-order valence-electron chi connectivity index (χ2n) is 5.24. The van der Waals surface area contributed by atoms with Gasteiger partial charge in [0.1, 0.15) is 0 Å². The van der Waals surface area contributed by atoms with Crippen LogP contribution in [0.3, 0.4) is 0 Å². The van der Waals surface area contributed by atoms with E-state index in [2.05, 4.69) is 31.2 Å². The topological polar surface area (TPSA) is 73.8 Å². The molecule has 0 aliphatic carbocycles. The molecule has 0 aliphatic rings. The van der Waals surface area contributed by atoms with Crippen LogP contribution >= 0.6 is 15.9 Å². The maximum atomic E-state index is 12.2. The van der Waals surface area contributed by atoms with E-state index >= 15 is 0 Å². The summed E-state index contributed by atoms with van der Waals surface area (Å²) in [4.78, 5) is 16.5. The van der Waals surface area contributed by atoms with Crippen LogP contribution < -0.4 is 5.43 Å². The molecule has 0 aliphatic heterocycles. The Morgan fingerprint density at radius 1 is 1.00 bits per heavy atom. The van der Waals surface area contributed by atoms with E-state index in [9.17, 15) is 4.79 Å². The number of halogens is 1. The van der Waals surface area contributed by atoms with Gasteiger partial charge in [0.15, 0.2) is 5.69 Å². The third kappa shape index (κ3) is 3.14. The highest BCUT2D eigenvalue weighted by Gasteiger charge is 2.16. The van der Waals surface area contributed by atoms with Crippen molar-refractivity contribution in [3.63, 3.8) is 0 Å². The summed E-state index contributed by atoms with van der Waals surface area (Å²) in [5, 5.41) is 8.29. The molecule has 122 valence electrons. The molecule has 0 atom stereocenters. The molecule has 2 heterocycles. The van der Waals surface area contributed by atoms with Gasteiger partial charge in [-0.05, 0) is 24.3 Å². The molecule has 6 nitrogen and oxygen atoms in total. The smallest absolute Gasteiger partial charge is 0.282 e. The molecule has 0 radical (unpaired) electrons. The zero-order valence-electron chi connectivity index (χ0n) is 12.8. The Kier molecular flexibility index (Phi) is 3.99. The van der Waals surface area contributed by atoms with Crippen LogP contribution in [-0.4, -0.2) is 19.9 Å². The summed E-state index contributed by atoms with van der Waals surface area (Å²) >= 11 is 3.41. The van der Waals surface area contributed by atoms with E-state index in [4.69, 9.17) is 4.52 Å². The van der Waals surface area contributed by atoms with Crippen LogP contribution in [0.2, 0.25) is 0 Å². The lowest BCUT2D eigenvalue weighted by atomic mass is 10.2.